The molecular weight excluding hydrogens is 192 g/mol. The Hall–Kier alpha value is -1.39. The van der Waals surface area contributed by atoms with Gasteiger partial charge in [-0.25, -0.2) is 0 Å². The summed E-state index contributed by atoms with van der Waals surface area (Å²) in [5, 5.41) is 15.9. The highest BCUT2D eigenvalue weighted by molar-refractivity contribution is 6.04. The van der Waals surface area contributed by atoms with E-state index in [-0.39, 0.29) is 5.91 Å². The Morgan fingerprint density at radius 3 is 2.93 bits per heavy atom. The maximum Gasteiger partial charge on any atom is 0.261 e. The van der Waals surface area contributed by atoms with Crippen molar-refractivity contribution in [2.24, 2.45) is 0 Å². The van der Waals surface area contributed by atoms with Crippen molar-refractivity contribution >= 4 is 11.6 Å². The minimum Gasteiger partial charge on any atom is -0.375 e. The number of amides is 1. The Morgan fingerprint density at radius 2 is 2.20 bits per heavy atom. The van der Waals surface area contributed by atoms with Gasteiger partial charge in [0.1, 0.15) is 0 Å². The van der Waals surface area contributed by atoms with Gasteiger partial charge < -0.3 is 15.7 Å². The largest absolute Gasteiger partial charge is 0.375 e. The van der Waals surface area contributed by atoms with Gasteiger partial charge in [0.25, 0.3) is 5.91 Å². The van der Waals surface area contributed by atoms with Crippen LogP contribution in [0.25, 0.3) is 0 Å². The van der Waals surface area contributed by atoms with E-state index in [1.54, 1.807) is 19.2 Å². The minimum absolute atomic E-state index is 0.334. The molecular formula is C11H14N2O2. The van der Waals surface area contributed by atoms with Crippen LogP contribution in [0.1, 0.15) is 12.0 Å². The van der Waals surface area contributed by atoms with Crippen molar-refractivity contribution in [3.63, 3.8) is 0 Å². The number of para-hydroxylation sites is 1. The van der Waals surface area contributed by atoms with E-state index in [9.17, 15) is 9.90 Å². The quantitative estimate of drug-likeness (QED) is 0.672. The van der Waals surface area contributed by atoms with E-state index in [4.69, 9.17) is 0 Å². The Labute approximate surface area is 88.3 Å². The van der Waals surface area contributed by atoms with Crippen molar-refractivity contribution in [1.29, 1.82) is 0 Å². The van der Waals surface area contributed by atoms with Crippen molar-refractivity contribution in [1.82, 2.24) is 5.32 Å². The molecule has 0 saturated heterocycles. The first-order valence-corrected chi connectivity index (χ1v) is 4.96. The summed E-state index contributed by atoms with van der Waals surface area (Å²) >= 11 is 0. The van der Waals surface area contributed by atoms with Crippen molar-refractivity contribution in [3.8, 4) is 0 Å². The monoisotopic (exact) mass is 206 g/mol. The average Bonchev–Trinajstić information content (AvgIpc) is 2.50. The molecule has 4 heteroatoms. The lowest BCUT2D eigenvalue weighted by Crippen LogP contribution is -2.36. The molecule has 1 aliphatic rings. The first-order valence-electron chi connectivity index (χ1n) is 4.96. The lowest BCUT2D eigenvalue weighted by atomic mass is 9.92. The van der Waals surface area contributed by atoms with Gasteiger partial charge >= 0.3 is 0 Å². The molecule has 80 valence electrons. The van der Waals surface area contributed by atoms with Crippen LogP contribution in [0, 0.1) is 0 Å². The first-order chi connectivity index (χ1) is 7.18. The fourth-order valence-electron chi connectivity index (χ4n) is 1.85. The molecule has 0 aromatic heterocycles. The highest BCUT2D eigenvalue weighted by atomic mass is 16.3. The van der Waals surface area contributed by atoms with Gasteiger partial charge in [-0.2, -0.15) is 0 Å². The normalized spacial score (nSPS) is 23.7. The van der Waals surface area contributed by atoms with Gasteiger partial charge in [-0.1, -0.05) is 18.2 Å². The molecule has 1 unspecified atom stereocenters. The molecule has 4 nitrogen and oxygen atoms in total. The summed E-state index contributed by atoms with van der Waals surface area (Å²) in [4.78, 5) is 11.7. The number of benzene rings is 1. The van der Waals surface area contributed by atoms with Crippen LogP contribution in [0.5, 0.6) is 0 Å². The summed E-state index contributed by atoms with van der Waals surface area (Å²) < 4.78 is 0. The molecule has 1 amide bonds. The number of anilines is 1. The fourth-order valence-corrected chi connectivity index (χ4v) is 1.85. The molecule has 0 fully saturated rings. The minimum atomic E-state index is -1.38. The lowest BCUT2D eigenvalue weighted by molar-refractivity contribution is -0.134. The maximum atomic E-state index is 11.7. The average molecular weight is 206 g/mol. The number of hydrogen-bond acceptors (Lipinski definition) is 3. The van der Waals surface area contributed by atoms with E-state index in [2.05, 4.69) is 10.6 Å². The van der Waals surface area contributed by atoms with Crippen molar-refractivity contribution in [3.05, 3.63) is 29.8 Å². The number of rotatable bonds is 3. The van der Waals surface area contributed by atoms with Crippen molar-refractivity contribution in [2.75, 3.05) is 18.9 Å². The van der Waals surface area contributed by atoms with E-state index >= 15 is 0 Å². The second-order valence-corrected chi connectivity index (χ2v) is 3.71. The molecule has 2 rings (SSSR count). The number of carbonyl (C=O) groups is 1. The standard InChI is InChI=1S/C11H14N2O2/c1-12-7-6-11(15)8-4-2-3-5-9(8)13-10(11)14/h2-5,12,15H,6-7H2,1H3,(H,13,14). The van der Waals surface area contributed by atoms with Crippen LogP contribution in [-0.2, 0) is 10.4 Å². The Morgan fingerprint density at radius 1 is 1.47 bits per heavy atom. The Kier molecular flexibility index (Phi) is 2.46. The number of nitrogens with one attached hydrogen (secondary N) is 2. The van der Waals surface area contributed by atoms with Crippen LogP contribution < -0.4 is 10.6 Å². The molecule has 0 bridgehead atoms. The van der Waals surface area contributed by atoms with Crippen LogP contribution in [0.2, 0.25) is 0 Å². The van der Waals surface area contributed by atoms with E-state index in [0.29, 0.717) is 24.2 Å². The van der Waals surface area contributed by atoms with Gasteiger partial charge in [0.15, 0.2) is 5.60 Å². The molecule has 15 heavy (non-hydrogen) atoms. The molecule has 1 aliphatic heterocycles. The third-order valence-corrected chi connectivity index (χ3v) is 2.73. The van der Waals surface area contributed by atoms with E-state index in [0.717, 1.165) is 0 Å². The Bertz CT molecular complexity index is 392. The third-order valence-electron chi connectivity index (χ3n) is 2.73. The van der Waals surface area contributed by atoms with Crippen molar-refractivity contribution < 1.29 is 9.90 Å². The van der Waals surface area contributed by atoms with Gasteiger partial charge in [0.2, 0.25) is 0 Å². The number of fused-ring (bicyclic) bond motifs is 1. The van der Waals surface area contributed by atoms with E-state index in [1.165, 1.54) is 0 Å². The summed E-state index contributed by atoms with van der Waals surface area (Å²) in [6.45, 7) is 0.595. The van der Waals surface area contributed by atoms with Gasteiger partial charge in [0, 0.05) is 17.7 Å². The van der Waals surface area contributed by atoms with Crippen LogP contribution in [-0.4, -0.2) is 24.6 Å². The number of carbonyl (C=O) groups excluding carboxylic acids is 1. The van der Waals surface area contributed by atoms with Crippen molar-refractivity contribution in [2.45, 2.75) is 12.0 Å². The van der Waals surface area contributed by atoms with Gasteiger partial charge in [-0.05, 0) is 19.7 Å². The van der Waals surface area contributed by atoms with Crippen LogP contribution in [0.15, 0.2) is 24.3 Å². The predicted octanol–water partition coefficient (Wildman–Crippen LogP) is 0.436. The van der Waals surface area contributed by atoms with Crippen LogP contribution in [0.4, 0.5) is 5.69 Å². The highest BCUT2D eigenvalue weighted by Gasteiger charge is 2.44. The SMILES string of the molecule is CNCCC1(O)C(=O)Nc2ccccc21. The zero-order valence-electron chi connectivity index (χ0n) is 8.58. The molecule has 1 heterocycles. The molecule has 1 aromatic rings. The molecule has 1 aromatic carbocycles. The first kappa shape index (κ1) is 10.1. The maximum absolute atomic E-state index is 11.7. The Balaban J connectivity index is 2.36. The third kappa shape index (κ3) is 1.52. The zero-order chi connectivity index (χ0) is 10.9. The summed E-state index contributed by atoms with van der Waals surface area (Å²) in [6, 6.07) is 7.24. The highest BCUT2D eigenvalue weighted by Crippen LogP contribution is 2.37. The summed E-state index contributed by atoms with van der Waals surface area (Å²) in [5.74, 6) is -0.334. The summed E-state index contributed by atoms with van der Waals surface area (Å²) in [5.41, 5.74) is 0.00549. The van der Waals surface area contributed by atoms with Gasteiger partial charge in [-0.3, -0.25) is 4.79 Å². The molecule has 3 N–H and O–H groups in total. The van der Waals surface area contributed by atoms with E-state index in [1.807, 2.05) is 12.1 Å². The molecule has 0 aliphatic carbocycles. The molecule has 0 radical (unpaired) electrons. The summed E-state index contributed by atoms with van der Waals surface area (Å²) in [7, 11) is 1.79. The van der Waals surface area contributed by atoms with Crippen LogP contribution in [0.3, 0.4) is 0 Å². The lowest BCUT2D eigenvalue weighted by Gasteiger charge is -2.20. The predicted molar refractivity (Wildman–Crippen MR) is 57.5 cm³/mol. The fraction of sp³-hybridized carbons (Fsp3) is 0.364. The second kappa shape index (κ2) is 3.64. The van der Waals surface area contributed by atoms with Crippen LogP contribution >= 0.6 is 0 Å². The molecule has 1 atom stereocenters. The summed E-state index contributed by atoms with van der Waals surface area (Å²) in [6.07, 6.45) is 0.381. The smallest absolute Gasteiger partial charge is 0.261 e. The van der Waals surface area contributed by atoms with E-state index < -0.39 is 5.60 Å². The zero-order valence-corrected chi connectivity index (χ0v) is 8.58. The number of hydrogen-bond donors (Lipinski definition) is 3. The topological polar surface area (TPSA) is 61.4 Å². The molecule has 0 spiro atoms. The van der Waals surface area contributed by atoms with Gasteiger partial charge in [-0.15, -0.1) is 0 Å². The van der Waals surface area contributed by atoms with Gasteiger partial charge in [0.05, 0.1) is 0 Å². The molecule has 0 saturated carbocycles. The number of aliphatic hydroxyl groups is 1. The second-order valence-electron chi connectivity index (χ2n) is 3.71.